The molecule has 1 atom stereocenters. The monoisotopic (exact) mass is 503 g/mol. The van der Waals surface area contributed by atoms with Crippen molar-refractivity contribution in [2.75, 3.05) is 6.61 Å². The van der Waals surface area contributed by atoms with Crippen LogP contribution in [-0.4, -0.2) is 45.0 Å². The molecule has 1 fully saturated rings. The molecule has 3 heterocycles. The van der Waals surface area contributed by atoms with Crippen LogP contribution in [0.2, 0.25) is 25.7 Å². The molecular weight excluding hydrogens is 470 g/mol. The number of hydrogen-bond acceptors (Lipinski definition) is 6. The van der Waals surface area contributed by atoms with Gasteiger partial charge in [-0.25, -0.2) is 9.67 Å². The summed E-state index contributed by atoms with van der Waals surface area (Å²) in [6.07, 6.45) is 7.74. The lowest BCUT2D eigenvalue weighted by molar-refractivity contribution is -0.117. The highest BCUT2D eigenvalue weighted by Gasteiger charge is 2.23. The van der Waals surface area contributed by atoms with Crippen molar-refractivity contribution in [3.05, 3.63) is 55.0 Å². The molecule has 0 unspecified atom stereocenters. The minimum atomic E-state index is -1.11. The highest BCUT2D eigenvalue weighted by Crippen LogP contribution is 2.29. The van der Waals surface area contributed by atoms with Crippen molar-refractivity contribution in [2.24, 2.45) is 5.92 Å². The number of carbonyl (C=O) groups excluding carboxylic acids is 1. The first-order valence-corrected chi connectivity index (χ1v) is 16.3. The number of Topliss-reactive ketones (excluding diaryl/α,β-unsaturated/α-hetero) is 1. The van der Waals surface area contributed by atoms with Crippen molar-refractivity contribution in [3.63, 3.8) is 0 Å². The van der Waals surface area contributed by atoms with Gasteiger partial charge in [-0.05, 0) is 48.7 Å². The third-order valence-electron chi connectivity index (χ3n) is 6.57. The number of benzene rings is 1. The maximum absolute atomic E-state index is 11.6. The maximum atomic E-state index is 11.6. The molecular formula is C27H33N5O3Si. The Morgan fingerprint density at radius 3 is 2.69 bits per heavy atom. The van der Waals surface area contributed by atoms with E-state index in [1.54, 1.807) is 12.4 Å². The van der Waals surface area contributed by atoms with Crippen molar-refractivity contribution >= 4 is 24.8 Å². The van der Waals surface area contributed by atoms with Crippen molar-refractivity contribution in [2.45, 2.75) is 58.2 Å². The van der Waals surface area contributed by atoms with Gasteiger partial charge in [0.15, 0.2) is 0 Å². The van der Waals surface area contributed by atoms with Gasteiger partial charge < -0.3 is 9.47 Å². The van der Waals surface area contributed by atoms with E-state index in [1.165, 1.54) is 0 Å². The van der Waals surface area contributed by atoms with Crippen LogP contribution in [0.5, 0.6) is 11.6 Å². The zero-order chi connectivity index (χ0) is 25.1. The Balaban J connectivity index is 1.21. The van der Waals surface area contributed by atoms with Gasteiger partial charge in [0.25, 0.3) is 0 Å². The molecule has 1 aliphatic carbocycles. The summed E-state index contributed by atoms with van der Waals surface area (Å²) in [5, 5.41) is 9.95. The SMILES string of the molecule is C[Si](C)(C)CCOCn1nccc1-c1ccc(Oc2ccc3c(cnn3C[C@@H]3CCC(=O)C3)c2)nc1. The molecule has 0 radical (unpaired) electrons. The Morgan fingerprint density at radius 1 is 1.06 bits per heavy atom. The first-order valence-electron chi connectivity index (χ1n) is 12.6. The Kier molecular flexibility index (Phi) is 7.02. The molecule has 1 aromatic carbocycles. The first-order chi connectivity index (χ1) is 17.3. The Morgan fingerprint density at radius 2 is 1.94 bits per heavy atom. The van der Waals surface area contributed by atoms with E-state index in [9.17, 15) is 4.79 Å². The van der Waals surface area contributed by atoms with Crippen LogP contribution in [0.1, 0.15) is 19.3 Å². The quantitative estimate of drug-likeness (QED) is 0.202. The lowest BCUT2D eigenvalue weighted by atomic mass is 10.1. The van der Waals surface area contributed by atoms with Gasteiger partial charge in [-0.3, -0.25) is 9.48 Å². The van der Waals surface area contributed by atoms with Crippen molar-refractivity contribution in [1.82, 2.24) is 24.5 Å². The number of nitrogens with zero attached hydrogens (tertiary/aromatic N) is 5. The lowest BCUT2D eigenvalue weighted by Gasteiger charge is -2.16. The highest BCUT2D eigenvalue weighted by atomic mass is 28.3. The molecule has 5 rings (SSSR count). The standard InChI is InChI=1S/C27H33N5O3Si/c1-36(2,3)13-12-34-19-32-26(10-11-29-32)21-5-9-27(28-16-21)35-24-7-8-25-22(15-24)17-30-31(25)18-20-4-6-23(33)14-20/h5,7-11,15-17,20H,4,6,12-14,18-19H2,1-3H3/t20-/m1/s1. The molecule has 0 N–H and O–H groups in total. The van der Waals surface area contributed by atoms with E-state index in [4.69, 9.17) is 9.47 Å². The van der Waals surface area contributed by atoms with Crippen LogP contribution in [0.4, 0.5) is 0 Å². The van der Waals surface area contributed by atoms with Gasteiger partial charge in [0.1, 0.15) is 18.3 Å². The van der Waals surface area contributed by atoms with Crippen LogP contribution in [0.15, 0.2) is 55.0 Å². The molecule has 1 saturated carbocycles. The van der Waals surface area contributed by atoms with Crippen LogP contribution in [-0.2, 0) is 22.8 Å². The van der Waals surface area contributed by atoms with E-state index in [1.807, 2.05) is 52.0 Å². The third kappa shape index (κ3) is 5.91. The molecule has 9 heteroatoms. The molecule has 0 saturated heterocycles. The zero-order valence-electron chi connectivity index (χ0n) is 21.2. The molecule has 36 heavy (non-hydrogen) atoms. The molecule has 0 amide bonds. The molecule has 0 bridgehead atoms. The molecule has 4 aromatic rings. The van der Waals surface area contributed by atoms with Gasteiger partial charge in [-0.2, -0.15) is 10.2 Å². The van der Waals surface area contributed by atoms with Gasteiger partial charge in [-0.1, -0.05) is 19.6 Å². The number of pyridine rings is 1. The molecule has 8 nitrogen and oxygen atoms in total. The van der Waals surface area contributed by atoms with E-state index in [0.29, 0.717) is 42.9 Å². The molecule has 3 aromatic heterocycles. The van der Waals surface area contributed by atoms with E-state index in [2.05, 4.69) is 34.8 Å². The van der Waals surface area contributed by atoms with Crippen molar-refractivity contribution < 1.29 is 14.3 Å². The third-order valence-corrected chi connectivity index (χ3v) is 8.28. The topological polar surface area (TPSA) is 84.1 Å². The van der Waals surface area contributed by atoms with Crippen molar-refractivity contribution in [3.8, 4) is 22.9 Å². The van der Waals surface area contributed by atoms with E-state index >= 15 is 0 Å². The number of ether oxygens (including phenoxy) is 2. The molecule has 0 aliphatic heterocycles. The van der Waals surface area contributed by atoms with Crippen molar-refractivity contribution in [1.29, 1.82) is 0 Å². The second kappa shape index (κ2) is 10.4. The minimum Gasteiger partial charge on any atom is -0.439 e. The smallest absolute Gasteiger partial charge is 0.219 e. The summed E-state index contributed by atoms with van der Waals surface area (Å²) in [7, 11) is -1.11. The predicted octanol–water partition coefficient (Wildman–Crippen LogP) is 5.77. The summed E-state index contributed by atoms with van der Waals surface area (Å²) < 4.78 is 15.7. The number of rotatable bonds is 10. The summed E-state index contributed by atoms with van der Waals surface area (Å²) in [4.78, 5) is 16.1. The normalized spacial score (nSPS) is 16.2. The maximum Gasteiger partial charge on any atom is 0.219 e. The van der Waals surface area contributed by atoms with Gasteiger partial charge in [0, 0.05) is 63.5 Å². The summed E-state index contributed by atoms with van der Waals surface area (Å²) in [6, 6.07) is 12.9. The molecule has 1 aliphatic rings. The average Bonchev–Trinajstić information content (AvgIpc) is 3.57. The van der Waals surface area contributed by atoms with Crippen LogP contribution >= 0.6 is 0 Å². The van der Waals surface area contributed by atoms with Gasteiger partial charge >= 0.3 is 0 Å². The number of carbonyl (C=O) groups is 1. The summed E-state index contributed by atoms with van der Waals surface area (Å²) in [5.74, 6) is 1.97. The average molecular weight is 504 g/mol. The highest BCUT2D eigenvalue weighted by molar-refractivity contribution is 6.76. The number of fused-ring (bicyclic) bond motifs is 1. The summed E-state index contributed by atoms with van der Waals surface area (Å²) >= 11 is 0. The Bertz CT molecular complexity index is 1340. The zero-order valence-corrected chi connectivity index (χ0v) is 22.2. The van der Waals surface area contributed by atoms with Crippen LogP contribution in [0, 0.1) is 5.92 Å². The van der Waals surface area contributed by atoms with Gasteiger partial charge in [0.2, 0.25) is 5.88 Å². The second-order valence-electron chi connectivity index (χ2n) is 10.7. The fourth-order valence-corrected chi connectivity index (χ4v) is 5.25. The van der Waals surface area contributed by atoms with E-state index in [0.717, 1.165) is 47.8 Å². The number of ketones is 1. The fourth-order valence-electron chi connectivity index (χ4n) is 4.49. The molecule has 0 spiro atoms. The van der Waals surface area contributed by atoms with E-state index < -0.39 is 8.07 Å². The fraction of sp³-hybridized carbons (Fsp3) is 0.407. The lowest BCUT2D eigenvalue weighted by Crippen LogP contribution is -2.22. The van der Waals surface area contributed by atoms with Crippen LogP contribution in [0.25, 0.3) is 22.2 Å². The van der Waals surface area contributed by atoms with Crippen LogP contribution in [0.3, 0.4) is 0 Å². The Labute approximate surface area is 212 Å². The minimum absolute atomic E-state index is 0.362. The predicted molar refractivity (Wildman–Crippen MR) is 142 cm³/mol. The Hall–Kier alpha value is -3.30. The van der Waals surface area contributed by atoms with E-state index in [-0.39, 0.29) is 0 Å². The van der Waals surface area contributed by atoms with Gasteiger partial charge in [0.05, 0.1) is 17.4 Å². The molecule has 188 valence electrons. The van der Waals surface area contributed by atoms with Crippen LogP contribution < -0.4 is 4.74 Å². The summed E-state index contributed by atoms with van der Waals surface area (Å²) in [6.45, 7) is 8.99. The second-order valence-corrected chi connectivity index (χ2v) is 16.4. The first kappa shape index (κ1) is 24.4. The summed E-state index contributed by atoms with van der Waals surface area (Å²) in [5.41, 5.74) is 2.96. The largest absolute Gasteiger partial charge is 0.439 e. The van der Waals surface area contributed by atoms with Gasteiger partial charge in [-0.15, -0.1) is 0 Å². The number of hydrogen-bond donors (Lipinski definition) is 0. The number of aromatic nitrogens is 5.